The smallest absolute Gasteiger partial charge is 0.336 e. The number of benzene rings is 1. The highest BCUT2D eigenvalue weighted by Crippen LogP contribution is 2.29. The maximum absolute atomic E-state index is 12.9. The average Bonchev–Trinajstić information content (AvgIpc) is 3.22. The molecule has 2 aromatic heterocycles. The molecule has 30 heavy (non-hydrogen) atoms. The standard InChI is InChI=1S/C21H19F3N4O2/c22-21(23,24)16-5-3-15(4-6-16)18(29)14-26-10-12-28(13-11-26)20(30)17-2-1-8-27-9-7-25-19(17)27/h1-9H,10-14H2. The van der Waals surface area contributed by atoms with Crippen LogP contribution in [0.1, 0.15) is 26.3 Å². The minimum absolute atomic E-state index is 0.100. The quantitative estimate of drug-likeness (QED) is 0.614. The number of nitrogens with zero attached hydrogens (tertiary/aromatic N) is 4. The first-order chi connectivity index (χ1) is 14.3. The predicted molar refractivity (Wildman–Crippen MR) is 103 cm³/mol. The number of piperazine rings is 1. The molecule has 1 fully saturated rings. The molecule has 1 aromatic carbocycles. The van der Waals surface area contributed by atoms with Crippen molar-refractivity contribution in [3.05, 3.63) is 71.7 Å². The van der Waals surface area contributed by atoms with Gasteiger partial charge in [-0.15, -0.1) is 0 Å². The zero-order chi connectivity index (χ0) is 21.3. The Morgan fingerprint density at radius 1 is 0.967 bits per heavy atom. The minimum Gasteiger partial charge on any atom is -0.336 e. The number of hydrogen-bond donors (Lipinski definition) is 0. The fourth-order valence-electron chi connectivity index (χ4n) is 3.53. The number of aromatic nitrogens is 2. The molecule has 0 radical (unpaired) electrons. The van der Waals surface area contributed by atoms with Gasteiger partial charge in [-0.1, -0.05) is 12.1 Å². The molecular formula is C21H19F3N4O2. The van der Waals surface area contributed by atoms with Gasteiger partial charge in [0.2, 0.25) is 0 Å². The molecule has 0 N–H and O–H groups in total. The number of amides is 1. The molecule has 4 rings (SSSR count). The number of carbonyl (C=O) groups is 2. The second-order valence-electron chi connectivity index (χ2n) is 7.15. The van der Waals surface area contributed by atoms with E-state index in [9.17, 15) is 22.8 Å². The molecule has 1 aliphatic rings. The summed E-state index contributed by atoms with van der Waals surface area (Å²) in [6, 6.07) is 7.78. The van der Waals surface area contributed by atoms with Crippen LogP contribution in [0.15, 0.2) is 55.0 Å². The molecule has 1 aliphatic heterocycles. The molecule has 0 spiro atoms. The Kier molecular flexibility index (Phi) is 5.29. The molecule has 0 bridgehead atoms. The Bertz CT molecular complexity index is 1070. The third-order valence-corrected chi connectivity index (χ3v) is 5.21. The molecule has 6 nitrogen and oxygen atoms in total. The van der Waals surface area contributed by atoms with E-state index in [2.05, 4.69) is 4.98 Å². The SMILES string of the molecule is O=C(CN1CCN(C(=O)c2cccn3ccnc23)CC1)c1ccc(C(F)(F)F)cc1. The highest BCUT2D eigenvalue weighted by Gasteiger charge is 2.30. The summed E-state index contributed by atoms with van der Waals surface area (Å²) < 4.78 is 39.7. The van der Waals surface area contributed by atoms with Crippen LogP contribution in [0.4, 0.5) is 13.2 Å². The first-order valence-electron chi connectivity index (χ1n) is 9.47. The number of alkyl halides is 3. The Hall–Kier alpha value is -3.20. The van der Waals surface area contributed by atoms with Crippen molar-refractivity contribution in [3.8, 4) is 0 Å². The highest BCUT2D eigenvalue weighted by atomic mass is 19.4. The third kappa shape index (κ3) is 4.06. The van der Waals surface area contributed by atoms with Crippen LogP contribution in [0, 0.1) is 0 Å². The van der Waals surface area contributed by atoms with E-state index in [1.54, 1.807) is 33.8 Å². The van der Waals surface area contributed by atoms with Gasteiger partial charge in [-0.25, -0.2) is 4.98 Å². The second kappa shape index (κ2) is 7.91. The predicted octanol–water partition coefficient (Wildman–Crippen LogP) is 2.99. The van der Waals surface area contributed by atoms with Gasteiger partial charge in [0.25, 0.3) is 5.91 Å². The lowest BCUT2D eigenvalue weighted by molar-refractivity contribution is -0.137. The van der Waals surface area contributed by atoms with Crippen molar-refractivity contribution in [1.29, 1.82) is 0 Å². The summed E-state index contributed by atoms with van der Waals surface area (Å²) in [5, 5.41) is 0. The van der Waals surface area contributed by atoms with E-state index in [4.69, 9.17) is 0 Å². The Balaban J connectivity index is 1.35. The van der Waals surface area contributed by atoms with Gasteiger partial charge < -0.3 is 9.30 Å². The fourth-order valence-corrected chi connectivity index (χ4v) is 3.53. The van der Waals surface area contributed by atoms with Gasteiger partial charge in [-0.3, -0.25) is 14.5 Å². The molecule has 0 saturated carbocycles. The van der Waals surface area contributed by atoms with E-state index < -0.39 is 11.7 Å². The third-order valence-electron chi connectivity index (χ3n) is 5.21. The van der Waals surface area contributed by atoms with E-state index in [-0.39, 0.29) is 23.8 Å². The zero-order valence-corrected chi connectivity index (χ0v) is 16.0. The summed E-state index contributed by atoms with van der Waals surface area (Å²) in [7, 11) is 0. The lowest BCUT2D eigenvalue weighted by Gasteiger charge is -2.34. The largest absolute Gasteiger partial charge is 0.416 e. The molecule has 1 saturated heterocycles. The number of hydrogen-bond acceptors (Lipinski definition) is 4. The van der Waals surface area contributed by atoms with Crippen LogP contribution < -0.4 is 0 Å². The number of ketones is 1. The van der Waals surface area contributed by atoms with E-state index in [1.165, 1.54) is 12.1 Å². The van der Waals surface area contributed by atoms with Crippen molar-refractivity contribution in [2.75, 3.05) is 32.7 Å². The number of rotatable bonds is 4. The monoisotopic (exact) mass is 416 g/mol. The van der Waals surface area contributed by atoms with Gasteiger partial charge >= 0.3 is 6.18 Å². The fraction of sp³-hybridized carbons (Fsp3) is 0.286. The van der Waals surface area contributed by atoms with Crippen LogP contribution in [0.5, 0.6) is 0 Å². The highest BCUT2D eigenvalue weighted by molar-refractivity contribution is 6.00. The lowest BCUT2D eigenvalue weighted by Crippen LogP contribution is -2.50. The van der Waals surface area contributed by atoms with Crippen molar-refractivity contribution in [1.82, 2.24) is 19.2 Å². The molecule has 3 aromatic rings. The summed E-state index contributed by atoms with van der Waals surface area (Å²) in [4.78, 5) is 33.1. The number of halogens is 3. The molecule has 0 aliphatic carbocycles. The molecule has 156 valence electrons. The molecule has 0 unspecified atom stereocenters. The van der Waals surface area contributed by atoms with Crippen LogP contribution in [0.2, 0.25) is 0 Å². The number of imidazole rings is 1. The van der Waals surface area contributed by atoms with Gasteiger partial charge in [-0.2, -0.15) is 13.2 Å². The zero-order valence-electron chi connectivity index (χ0n) is 16.0. The number of Topliss-reactive ketones (excluding diaryl/α,β-unsaturated/α-hetero) is 1. The van der Waals surface area contributed by atoms with Crippen molar-refractivity contribution in [2.24, 2.45) is 0 Å². The molecular weight excluding hydrogens is 397 g/mol. The van der Waals surface area contributed by atoms with E-state index in [1.807, 2.05) is 11.1 Å². The number of pyridine rings is 1. The Morgan fingerprint density at radius 2 is 1.67 bits per heavy atom. The van der Waals surface area contributed by atoms with Gasteiger partial charge in [0.15, 0.2) is 5.78 Å². The van der Waals surface area contributed by atoms with E-state index >= 15 is 0 Å². The van der Waals surface area contributed by atoms with Crippen LogP contribution in [0.3, 0.4) is 0 Å². The maximum atomic E-state index is 12.9. The second-order valence-corrected chi connectivity index (χ2v) is 7.15. The number of fused-ring (bicyclic) bond motifs is 1. The van der Waals surface area contributed by atoms with Crippen LogP contribution in [0.25, 0.3) is 5.65 Å². The minimum atomic E-state index is -4.43. The van der Waals surface area contributed by atoms with Crippen molar-refractivity contribution < 1.29 is 22.8 Å². The Labute approximate surface area is 170 Å². The van der Waals surface area contributed by atoms with Gasteiger partial charge in [0.1, 0.15) is 5.65 Å². The van der Waals surface area contributed by atoms with Crippen LogP contribution in [-0.2, 0) is 6.18 Å². The van der Waals surface area contributed by atoms with Crippen LogP contribution in [-0.4, -0.2) is 63.6 Å². The van der Waals surface area contributed by atoms with Crippen molar-refractivity contribution in [2.45, 2.75) is 6.18 Å². The summed E-state index contributed by atoms with van der Waals surface area (Å²) in [5.74, 6) is -0.355. The summed E-state index contributed by atoms with van der Waals surface area (Å²) >= 11 is 0. The lowest BCUT2D eigenvalue weighted by atomic mass is 10.1. The van der Waals surface area contributed by atoms with Gasteiger partial charge in [-0.05, 0) is 24.3 Å². The van der Waals surface area contributed by atoms with Crippen LogP contribution >= 0.6 is 0 Å². The topological polar surface area (TPSA) is 57.9 Å². The normalized spacial score (nSPS) is 15.5. The van der Waals surface area contributed by atoms with Gasteiger partial charge in [0.05, 0.1) is 17.7 Å². The van der Waals surface area contributed by atoms with Crippen molar-refractivity contribution >= 4 is 17.3 Å². The van der Waals surface area contributed by atoms with E-state index in [0.29, 0.717) is 37.4 Å². The summed E-state index contributed by atoms with van der Waals surface area (Å²) in [6.07, 6.45) is 0.808. The summed E-state index contributed by atoms with van der Waals surface area (Å²) in [6.45, 7) is 2.04. The Morgan fingerprint density at radius 3 is 2.33 bits per heavy atom. The first kappa shape index (κ1) is 20.1. The molecule has 9 heteroatoms. The van der Waals surface area contributed by atoms with E-state index in [0.717, 1.165) is 12.1 Å². The van der Waals surface area contributed by atoms with Crippen molar-refractivity contribution in [3.63, 3.8) is 0 Å². The number of carbonyl (C=O) groups excluding carboxylic acids is 2. The maximum Gasteiger partial charge on any atom is 0.416 e. The molecule has 1 amide bonds. The first-order valence-corrected chi connectivity index (χ1v) is 9.47. The average molecular weight is 416 g/mol. The summed E-state index contributed by atoms with van der Waals surface area (Å²) in [5.41, 5.74) is 0.588. The molecule has 0 atom stereocenters. The van der Waals surface area contributed by atoms with Gasteiger partial charge in [0, 0.05) is 50.3 Å². The molecule has 3 heterocycles.